The van der Waals surface area contributed by atoms with Gasteiger partial charge in [-0.1, -0.05) is 0 Å². The third-order valence-electron chi connectivity index (χ3n) is 3.18. The number of nitrogens with one attached hydrogen (secondary N) is 1. The van der Waals surface area contributed by atoms with E-state index in [0.717, 1.165) is 11.8 Å². The standard InChI is InChI=1S/C11H16N2S/c1-7-10(4-8-5-12-6-8)13-11(14-7)9-2-3-9/h8-9,12H,2-6H2,1H3. The van der Waals surface area contributed by atoms with Crippen LogP contribution in [0.2, 0.25) is 0 Å². The summed E-state index contributed by atoms with van der Waals surface area (Å²) in [4.78, 5) is 6.24. The molecule has 0 radical (unpaired) electrons. The second-order valence-corrected chi connectivity index (χ2v) is 5.79. The molecule has 2 fully saturated rings. The molecular formula is C11H16N2S. The zero-order valence-electron chi connectivity index (χ0n) is 8.55. The van der Waals surface area contributed by atoms with E-state index in [0.29, 0.717) is 0 Å². The van der Waals surface area contributed by atoms with E-state index in [9.17, 15) is 0 Å². The molecule has 2 nitrogen and oxygen atoms in total. The van der Waals surface area contributed by atoms with Crippen molar-refractivity contribution in [2.45, 2.75) is 32.1 Å². The summed E-state index contributed by atoms with van der Waals surface area (Å²) < 4.78 is 0. The van der Waals surface area contributed by atoms with Gasteiger partial charge in [-0.15, -0.1) is 11.3 Å². The molecule has 2 aliphatic rings. The number of hydrogen-bond acceptors (Lipinski definition) is 3. The van der Waals surface area contributed by atoms with Gasteiger partial charge in [0.2, 0.25) is 0 Å². The summed E-state index contributed by atoms with van der Waals surface area (Å²) in [6.45, 7) is 4.61. The molecule has 1 aromatic heterocycles. The van der Waals surface area contributed by atoms with Crippen LogP contribution < -0.4 is 5.32 Å². The SMILES string of the molecule is Cc1sc(C2CC2)nc1CC1CNC1. The number of hydrogen-bond donors (Lipinski definition) is 1. The molecule has 0 spiro atoms. The molecule has 2 heterocycles. The Morgan fingerprint density at radius 1 is 1.43 bits per heavy atom. The Labute approximate surface area is 88.7 Å². The van der Waals surface area contributed by atoms with Crippen molar-refractivity contribution in [2.75, 3.05) is 13.1 Å². The highest BCUT2D eigenvalue weighted by Gasteiger charge is 2.28. The van der Waals surface area contributed by atoms with Crippen molar-refractivity contribution >= 4 is 11.3 Å². The first-order chi connectivity index (χ1) is 6.83. The first-order valence-corrected chi connectivity index (χ1v) is 6.31. The molecular weight excluding hydrogens is 192 g/mol. The number of nitrogens with zero attached hydrogens (tertiary/aromatic N) is 1. The third-order valence-corrected chi connectivity index (χ3v) is 4.36. The molecule has 1 aliphatic carbocycles. The molecule has 0 aromatic carbocycles. The second kappa shape index (κ2) is 3.31. The molecule has 1 saturated carbocycles. The number of thiazole rings is 1. The summed E-state index contributed by atoms with van der Waals surface area (Å²) in [6, 6.07) is 0. The Morgan fingerprint density at radius 3 is 2.79 bits per heavy atom. The van der Waals surface area contributed by atoms with Crippen molar-refractivity contribution in [1.82, 2.24) is 10.3 Å². The van der Waals surface area contributed by atoms with Gasteiger partial charge in [-0.25, -0.2) is 4.98 Å². The van der Waals surface area contributed by atoms with Crippen LogP contribution in [0.3, 0.4) is 0 Å². The van der Waals surface area contributed by atoms with Crippen LogP contribution in [0.4, 0.5) is 0 Å². The van der Waals surface area contributed by atoms with Crippen LogP contribution in [-0.4, -0.2) is 18.1 Å². The maximum absolute atomic E-state index is 4.78. The number of aryl methyl sites for hydroxylation is 1. The average molecular weight is 208 g/mol. The normalized spacial score (nSPS) is 22.4. The van der Waals surface area contributed by atoms with Crippen LogP contribution in [0, 0.1) is 12.8 Å². The molecule has 0 unspecified atom stereocenters. The van der Waals surface area contributed by atoms with E-state index in [1.807, 2.05) is 11.3 Å². The lowest BCUT2D eigenvalue weighted by Crippen LogP contribution is -2.43. The minimum absolute atomic E-state index is 0.826. The summed E-state index contributed by atoms with van der Waals surface area (Å²) in [7, 11) is 0. The summed E-state index contributed by atoms with van der Waals surface area (Å²) in [5, 5.41) is 4.73. The van der Waals surface area contributed by atoms with Crippen LogP contribution >= 0.6 is 11.3 Å². The van der Waals surface area contributed by atoms with Gasteiger partial charge in [0.25, 0.3) is 0 Å². The van der Waals surface area contributed by atoms with Crippen LogP contribution in [-0.2, 0) is 6.42 Å². The van der Waals surface area contributed by atoms with Gasteiger partial charge in [-0.2, -0.15) is 0 Å². The first-order valence-electron chi connectivity index (χ1n) is 5.50. The van der Waals surface area contributed by atoms with Gasteiger partial charge in [-0.3, -0.25) is 0 Å². The highest BCUT2D eigenvalue weighted by atomic mass is 32.1. The predicted molar refractivity (Wildman–Crippen MR) is 58.9 cm³/mol. The van der Waals surface area contributed by atoms with Crippen molar-refractivity contribution in [3.63, 3.8) is 0 Å². The molecule has 3 heteroatoms. The summed E-state index contributed by atoms with van der Waals surface area (Å²) in [5.74, 6) is 1.68. The smallest absolute Gasteiger partial charge is 0.0961 e. The maximum atomic E-state index is 4.78. The molecule has 76 valence electrons. The minimum Gasteiger partial charge on any atom is -0.316 e. The minimum atomic E-state index is 0.826. The zero-order chi connectivity index (χ0) is 9.54. The Morgan fingerprint density at radius 2 is 2.21 bits per heavy atom. The van der Waals surface area contributed by atoms with Gasteiger partial charge < -0.3 is 5.32 Å². The largest absolute Gasteiger partial charge is 0.316 e. The Kier molecular flexibility index (Phi) is 2.10. The Balaban J connectivity index is 1.74. The van der Waals surface area contributed by atoms with E-state index < -0.39 is 0 Å². The molecule has 14 heavy (non-hydrogen) atoms. The fraction of sp³-hybridized carbons (Fsp3) is 0.727. The second-order valence-electron chi connectivity index (χ2n) is 4.56. The van der Waals surface area contributed by atoms with E-state index in [-0.39, 0.29) is 0 Å². The van der Waals surface area contributed by atoms with Crippen molar-refractivity contribution in [3.8, 4) is 0 Å². The molecule has 0 amide bonds. The van der Waals surface area contributed by atoms with Gasteiger partial charge in [0.1, 0.15) is 0 Å². The zero-order valence-corrected chi connectivity index (χ0v) is 9.36. The summed E-state index contributed by atoms with van der Waals surface area (Å²) in [6.07, 6.45) is 3.94. The van der Waals surface area contributed by atoms with E-state index in [1.165, 1.54) is 47.9 Å². The monoisotopic (exact) mass is 208 g/mol. The average Bonchev–Trinajstić information content (AvgIpc) is 2.85. The van der Waals surface area contributed by atoms with Crippen LogP contribution in [0.25, 0.3) is 0 Å². The topological polar surface area (TPSA) is 24.9 Å². The number of rotatable bonds is 3. The fourth-order valence-electron chi connectivity index (χ4n) is 1.91. The fourth-order valence-corrected chi connectivity index (χ4v) is 3.03. The summed E-state index contributed by atoms with van der Waals surface area (Å²) >= 11 is 1.93. The lowest BCUT2D eigenvalue weighted by molar-refractivity contribution is 0.344. The molecule has 1 saturated heterocycles. The van der Waals surface area contributed by atoms with E-state index in [4.69, 9.17) is 4.98 Å². The van der Waals surface area contributed by atoms with Crippen molar-refractivity contribution in [2.24, 2.45) is 5.92 Å². The van der Waals surface area contributed by atoms with Gasteiger partial charge in [0.05, 0.1) is 10.7 Å². The van der Waals surface area contributed by atoms with Gasteiger partial charge in [-0.05, 0) is 45.2 Å². The van der Waals surface area contributed by atoms with Crippen LogP contribution in [0.5, 0.6) is 0 Å². The van der Waals surface area contributed by atoms with E-state index in [2.05, 4.69) is 12.2 Å². The number of aromatic nitrogens is 1. The van der Waals surface area contributed by atoms with Gasteiger partial charge >= 0.3 is 0 Å². The Bertz CT molecular complexity index is 337. The predicted octanol–water partition coefficient (Wildman–Crippen LogP) is 2.09. The molecule has 0 atom stereocenters. The van der Waals surface area contributed by atoms with Crippen molar-refractivity contribution < 1.29 is 0 Å². The third kappa shape index (κ3) is 1.59. The molecule has 3 rings (SSSR count). The van der Waals surface area contributed by atoms with Gasteiger partial charge in [0.15, 0.2) is 0 Å². The van der Waals surface area contributed by atoms with Crippen molar-refractivity contribution in [3.05, 3.63) is 15.6 Å². The van der Waals surface area contributed by atoms with Gasteiger partial charge in [0, 0.05) is 10.8 Å². The molecule has 1 aromatic rings. The highest BCUT2D eigenvalue weighted by Crippen LogP contribution is 2.42. The Hall–Kier alpha value is -0.410. The lowest BCUT2D eigenvalue weighted by atomic mass is 9.97. The summed E-state index contributed by atoms with van der Waals surface area (Å²) in [5.41, 5.74) is 1.38. The quantitative estimate of drug-likeness (QED) is 0.822. The maximum Gasteiger partial charge on any atom is 0.0961 e. The molecule has 1 aliphatic heterocycles. The van der Waals surface area contributed by atoms with E-state index in [1.54, 1.807) is 0 Å². The molecule has 1 N–H and O–H groups in total. The lowest BCUT2D eigenvalue weighted by Gasteiger charge is -2.26. The highest BCUT2D eigenvalue weighted by molar-refractivity contribution is 7.11. The van der Waals surface area contributed by atoms with Crippen LogP contribution in [0.15, 0.2) is 0 Å². The van der Waals surface area contributed by atoms with Crippen molar-refractivity contribution in [1.29, 1.82) is 0 Å². The van der Waals surface area contributed by atoms with E-state index >= 15 is 0 Å². The molecule has 0 bridgehead atoms. The van der Waals surface area contributed by atoms with Crippen LogP contribution in [0.1, 0.15) is 34.3 Å². The first kappa shape index (κ1) is 8.86.